The summed E-state index contributed by atoms with van der Waals surface area (Å²) >= 11 is 0. The minimum absolute atomic E-state index is 0.0463. The molecule has 0 heterocycles. The van der Waals surface area contributed by atoms with Crippen LogP contribution in [0.15, 0.2) is 36.5 Å². The highest BCUT2D eigenvalue weighted by molar-refractivity contribution is 7.47. The van der Waals surface area contributed by atoms with Crippen molar-refractivity contribution in [2.75, 3.05) is 26.4 Å². The number of nitrogens with two attached hydrogens (primary N) is 1. The highest BCUT2D eigenvalue weighted by Gasteiger charge is 2.25. The van der Waals surface area contributed by atoms with Crippen LogP contribution in [0.25, 0.3) is 0 Å². The molecular weight excluding hydrogens is 665 g/mol. The quantitative estimate of drug-likeness (QED) is 0.0208. The third-order valence-electron chi connectivity index (χ3n) is 8.54. The number of phosphoric ester groups is 1. The van der Waals surface area contributed by atoms with E-state index < -0.39 is 32.5 Å². The number of hydrogen-bond acceptors (Lipinski definition) is 8. The second-order valence-corrected chi connectivity index (χ2v) is 15.0. The summed E-state index contributed by atoms with van der Waals surface area (Å²) in [4.78, 5) is 34.7. The smallest absolute Gasteiger partial charge is 0.462 e. The molecule has 0 aromatic carbocycles. The Hall–Kier alpha value is -1.77. The van der Waals surface area contributed by atoms with Gasteiger partial charge in [0, 0.05) is 19.4 Å². The lowest BCUT2D eigenvalue weighted by molar-refractivity contribution is -0.161. The van der Waals surface area contributed by atoms with Gasteiger partial charge in [-0.2, -0.15) is 0 Å². The van der Waals surface area contributed by atoms with E-state index in [2.05, 4.69) is 44.2 Å². The van der Waals surface area contributed by atoms with Crippen LogP contribution in [0, 0.1) is 0 Å². The molecule has 0 spiro atoms. The van der Waals surface area contributed by atoms with Crippen LogP contribution in [-0.2, 0) is 32.7 Å². The van der Waals surface area contributed by atoms with Gasteiger partial charge in [0.15, 0.2) is 6.10 Å². The van der Waals surface area contributed by atoms with Crippen LogP contribution in [0.3, 0.4) is 0 Å². The van der Waals surface area contributed by atoms with Crippen LogP contribution in [0.5, 0.6) is 0 Å². The number of esters is 2. The first-order valence-corrected chi connectivity index (χ1v) is 22.0. The predicted octanol–water partition coefficient (Wildman–Crippen LogP) is 11.4. The third-order valence-corrected chi connectivity index (χ3v) is 9.52. The fourth-order valence-electron chi connectivity index (χ4n) is 5.47. The second kappa shape index (κ2) is 38.0. The van der Waals surface area contributed by atoms with Crippen LogP contribution in [0.1, 0.15) is 181 Å². The molecule has 2 atom stereocenters. The fraction of sp³-hybridized carbons (Fsp3) is 0.805. The van der Waals surface area contributed by atoms with E-state index in [9.17, 15) is 19.0 Å². The van der Waals surface area contributed by atoms with Gasteiger partial charge in [-0.05, 0) is 51.4 Å². The molecule has 0 aliphatic rings. The Balaban J connectivity index is 4.25. The minimum atomic E-state index is -4.38. The van der Waals surface area contributed by atoms with Gasteiger partial charge in [-0.25, -0.2) is 4.57 Å². The Morgan fingerprint density at radius 3 is 1.61 bits per heavy atom. The average Bonchev–Trinajstić information content (AvgIpc) is 3.11. The number of unbranched alkanes of at least 4 members (excludes halogenated alkanes) is 20. The van der Waals surface area contributed by atoms with Crippen molar-refractivity contribution in [2.45, 2.75) is 187 Å². The molecule has 0 amide bonds. The highest BCUT2D eigenvalue weighted by atomic mass is 31.2. The van der Waals surface area contributed by atoms with E-state index in [4.69, 9.17) is 24.3 Å². The molecule has 0 rings (SSSR count). The summed E-state index contributed by atoms with van der Waals surface area (Å²) in [5, 5.41) is 0. The van der Waals surface area contributed by atoms with Crippen molar-refractivity contribution in [1.82, 2.24) is 0 Å². The summed E-state index contributed by atoms with van der Waals surface area (Å²) in [6.07, 6.45) is 40.4. The topological polar surface area (TPSA) is 134 Å². The Morgan fingerprint density at radius 1 is 0.588 bits per heavy atom. The highest BCUT2D eigenvalue weighted by Crippen LogP contribution is 2.43. The SMILES string of the molecule is CCCCCC/C=C/C=C/CCCCCCCC(=O)OC[C@H](COP(=O)(O)OCCN)OC(=O)CC/C=C/CCCCCCCCCCCCC. The van der Waals surface area contributed by atoms with Crippen molar-refractivity contribution in [1.29, 1.82) is 0 Å². The van der Waals surface area contributed by atoms with E-state index in [1.807, 2.05) is 6.08 Å². The molecule has 0 saturated heterocycles. The van der Waals surface area contributed by atoms with E-state index in [0.29, 0.717) is 12.8 Å². The fourth-order valence-corrected chi connectivity index (χ4v) is 6.23. The minimum Gasteiger partial charge on any atom is -0.462 e. The molecular formula is C41H76NO8P. The summed E-state index contributed by atoms with van der Waals surface area (Å²) in [5.41, 5.74) is 5.33. The molecule has 10 heteroatoms. The van der Waals surface area contributed by atoms with Crippen LogP contribution in [0.2, 0.25) is 0 Å². The summed E-state index contributed by atoms with van der Waals surface area (Å²) < 4.78 is 32.6. The maximum Gasteiger partial charge on any atom is 0.472 e. The first-order chi connectivity index (χ1) is 24.8. The monoisotopic (exact) mass is 742 g/mol. The summed E-state index contributed by atoms with van der Waals surface area (Å²) in [6.45, 7) is 3.65. The Kier molecular flexibility index (Phi) is 36.7. The van der Waals surface area contributed by atoms with E-state index in [1.54, 1.807) is 0 Å². The standard InChI is InChI=1S/C41H76NO8P/c1-3-5-7-9-11-13-15-17-19-21-23-25-27-29-31-33-40(43)47-37-39(38-49-51(45,46)48-36-35-42)50-41(44)34-32-30-28-26-24-22-20-18-16-14-12-10-8-6-4-2/h13,15,17,19,28,30,39H,3-12,14,16,18,20-27,29,31-38,42H2,1-2H3,(H,45,46)/b15-13+,19-17+,30-28+/t39-/m1/s1. The lowest BCUT2D eigenvalue weighted by Crippen LogP contribution is -2.29. The Bertz CT molecular complexity index is 939. The molecule has 9 nitrogen and oxygen atoms in total. The first-order valence-electron chi connectivity index (χ1n) is 20.5. The van der Waals surface area contributed by atoms with Crippen LogP contribution >= 0.6 is 7.82 Å². The maximum absolute atomic E-state index is 12.5. The van der Waals surface area contributed by atoms with Gasteiger partial charge in [0.2, 0.25) is 0 Å². The number of carbonyl (C=O) groups is 2. The second-order valence-electron chi connectivity index (χ2n) is 13.5. The van der Waals surface area contributed by atoms with Crippen molar-refractivity contribution >= 4 is 19.8 Å². The zero-order valence-corrected chi connectivity index (χ0v) is 33.5. The van der Waals surface area contributed by atoms with Crippen LogP contribution < -0.4 is 5.73 Å². The van der Waals surface area contributed by atoms with Gasteiger partial charge < -0.3 is 20.1 Å². The van der Waals surface area contributed by atoms with Gasteiger partial charge >= 0.3 is 19.8 Å². The molecule has 0 aromatic rings. The van der Waals surface area contributed by atoms with Crippen LogP contribution in [-0.4, -0.2) is 49.3 Å². The van der Waals surface area contributed by atoms with E-state index in [0.717, 1.165) is 51.4 Å². The average molecular weight is 742 g/mol. The number of phosphoric acid groups is 1. The van der Waals surface area contributed by atoms with Gasteiger partial charge in [-0.3, -0.25) is 18.6 Å². The molecule has 0 aromatic heterocycles. The summed E-state index contributed by atoms with van der Waals surface area (Å²) in [6, 6.07) is 0. The Labute approximate surface area is 312 Å². The molecule has 0 aliphatic carbocycles. The lowest BCUT2D eigenvalue weighted by Gasteiger charge is -2.19. The number of allylic oxidation sites excluding steroid dienone is 6. The molecule has 0 aliphatic heterocycles. The lowest BCUT2D eigenvalue weighted by atomic mass is 10.1. The zero-order chi connectivity index (χ0) is 37.5. The normalized spacial score (nSPS) is 13.7. The maximum atomic E-state index is 12.5. The summed E-state index contributed by atoms with van der Waals surface area (Å²) in [5.74, 6) is -0.903. The Morgan fingerprint density at radius 2 is 1.06 bits per heavy atom. The molecule has 1 unspecified atom stereocenters. The zero-order valence-electron chi connectivity index (χ0n) is 32.6. The van der Waals surface area contributed by atoms with Crippen molar-refractivity contribution < 1.29 is 37.6 Å². The van der Waals surface area contributed by atoms with E-state index in [-0.39, 0.29) is 32.6 Å². The van der Waals surface area contributed by atoms with Gasteiger partial charge in [0.05, 0.1) is 13.2 Å². The van der Waals surface area contributed by atoms with Crippen molar-refractivity contribution in [3.05, 3.63) is 36.5 Å². The third kappa shape index (κ3) is 37.8. The largest absolute Gasteiger partial charge is 0.472 e. The molecule has 0 radical (unpaired) electrons. The molecule has 51 heavy (non-hydrogen) atoms. The number of rotatable bonds is 38. The summed E-state index contributed by atoms with van der Waals surface area (Å²) in [7, 11) is -4.38. The molecule has 298 valence electrons. The number of carbonyl (C=O) groups excluding carboxylic acids is 2. The molecule has 3 N–H and O–H groups in total. The molecule has 0 bridgehead atoms. The van der Waals surface area contributed by atoms with Crippen LogP contribution in [0.4, 0.5) is 0 Å². The molecule has 0 saturated carbocycles. The first kappa shape index (κ1) is 49.2. The predicted molar refractivity (Wildman–Crippen MR) is 210 cm³/mol. The number of hydrogen-bond donors (Lipinski definition) is 2. The van der Waals surface area contributed by atoms with Crippen molar-refractivity contribution in [3.63, 3.8) is 0 Å². The van der Waals surface area contributed by atoms with Gasteiger partial charge in [0.1, 0.15) is 6.61 Å². The van der Waals surface area contributed by atoms with Crippen molar-refractivity contribution in [3.8, 4) is 0 Å². The number of ether oxygens (including phenoxy) is 2. The van der Waals surface area contributed by atoms with Gasteiger partial charge in [-0.1, -0.05) is 153 Å². The van der Waals surface area contributed by atoms with Gasteiger partial charge in [0.25, 0.3) is 0 Å². The van der Waals surface area contributed by atoms with Gasteiger partial charge in [-0.15, -0.1) is 0 Å². The van der Waals surface area contributed by atoms with Crippen molar-refractivity contribution in [2.24, 2.45) is 5.73 Å². The van der Waals surface area contributed by atoms with E-state index in [1.165, 1.54) is 89.9 Å². The molecule has 0 fully saturated rings. The van der Waals surface area contributed by atoms with E-state index >= 15 is 0 Å².